The van der Waals surface area contributed by atoms with Crippen LogP contribution in [0, 0.1) is 11.8 Å². The Morgan fingerprint density at radius 2 is 2.11 bits per heavy atom. The van der Waals surface area contributed by atoms with Gasteiger partial charge >= 0.3 is 0 Å². The molecule has 18 heavy (non-hydrogen) atoms. The van der Waals surface area contributed by atoms with Crippen molar-refractivity contribution in [2.75, 3.05) is 20.3 Å². The van der Waals surface area contributed by atoms with Crippen molar-refractivity contribution in [3.8, 4) is 0 Å². The van der Waals surface area contributed by atoms with Crippen LogP contribution >= 0.6 is 0 Å². The van der Waals surface area contributed by atoms with E-state index < -0.39 is 0 Å². The number of hydrogen-bond acceptors (Lipinski definition) is 3. The SMILES string of the molecule is CNC1CCC(C(C)C)CC1OCC1CCCO1. The number of likely N-dealkylation sites (N-methyl/N-ethyl adjacent to an activating group) is 1. The average molecular weight is 255 g/mol. The first kappa shape index (κ1) is 14.3. The largest absolute Gasteiger partial charge is 0.376 e. The van der Waals surface area contributed by atoms with Gasteiger partial charge in [-0.3, -0.25) is 0 Å². The van der Waals surface area contributed by atoms with E-state index >= 15 is 0 Å². The molecule has 2 aliphatic rings. The Labute approximate surface area is 112 Å². The van der Waals surface area contributed by atoms with Gasteiger partial charge in [-0.05, 0) is 51.0 Å². The molecule has 106 valence electrons. The lowest BCUT2D eigenvalue weighted by atomic mass is 9.78. The van der Waals surface area contributed by atoms with Gasteiger partial charge in [-0.1, -0.05) is 13.8 Å². The Morgan fingerprint density at radius 3 is 2.72 bits per heavy atom. The lowest BCUT2D eigenvalue weighted by Gasteiger charge is -2.38. The average Bonchev–Trinajstić information content (AvgIpc) is 2.89. The zero-order valence-corrected chi connectivity index (χ0v) is 12.2. The Bertz CT molecular complexity index is 239. The zero-order valence-electron chi connectivity index (χ0n) is 12.2. The molecule has 1 heterocycles. The van der Waals surface area contributed by atoms with E-state index in [-0.39, 0.29) is 0 Å². The summed E-state index contributed by atoms with van der Waals surface area (Å²) in [7, 11) is 2.06. The highest BCUT2D eigenvalue weighted by molar-refractivity contribution is 4.86. The molecule has 2 rings (SSSR count). The monoisotopic (exact) mass is 255 g/mol. The molecule has 1 aliphatic heterocycles. The predicted octanol–water partition coefficient (Wildman–Crippen LogP) is 2.59. The third-order valence-electron chi connectivity index (χ3n) is 4.67. The fourth-order valence-corrected chi connectivity index (χ4v) is 3.29. The van der Waals surface area contributed by atoms with Crippen molar-refractivity contribution in [1.29, 1.82) is 0 Å². The summed E-state index contributed by atoms with van der Waals surface area (Å²) in [6, 6.07) is 0.529. The number of hydrogen-bond donors (Lipinski definition) is 1. The lowest BCUT2D eigenvalue weighted by Crippen LogP contribution is -2.45. The Morgan fingerprint density at radius 1 is 1.28 bits per heavy atom. The van der Waals surface area contributed by atoms with E-state index in [1.165, 1.54) is 32.1 Å². The maximum atomic E-state index is 6.16. The van der Waals surface area contributed by atoms with Gasteiger partial charge in [0.1, 0.15) is 0 Å². The molecule has 0 aromatic rings. The van der Waals surface area contributed by atoms with Gasteiger partial charge in [-0.25, -0.2) is 0 Å². The van der Waals surface area contributed by atoms with Crippen LogP contribution in [0.1, 0.15) is 46.0 Å². The maximum absolute atomic E-state index is 6.16. The summed E-state index contributed by atoms with van der Waals surface area (Å²) >= 11 is 0. The third kappa shape index (κ3) is 3.69. The molecule has 1 saturated carbocycles. The topological polar surface area (TPSA) is 30.5 Å². The van der Waals surface area contributed by atoms with Crippen LogP contribution in [0.25, 0.3) is 0 Å². The minimum Gasteiger partial charge on any atom is -0.376 e. The van der Waals surface area contributed by atoms with E-state index in [9.17, 15) is 0 Å². The molecule has 4 atom stereocenters. The van der Waals surface area contributed by atoms with Crippen molar-refractivity contribution in [2.24, 2.45) is 11.8 Å². The number of rotatable bonds is 5. The second-order valence-electron chi connectivity index (χ2n) is 6.22. The van der Waals surface area contributed by atoms with Crippen LogP contribution in [-0.4, -0.2) is 38.5 Å². The van der Waals surface area contributed by atoms with Crippen molar-refractivity contribution in [1.82, 2.24) is 5.32 Å². The molecule has 0 bridgehead atoms. The smallest absolute Gasteiger partial charge is 0.0809 e. The van der Waals surface area contributed by atoms with Crippen molar-refractivity contribution >= 4 is 0 Å². The van der Waals surface area contributed by atoms with Gasteiger partial charge in [0.05, 0.1) is 18.8 Å². The quantitative estimate of drug-likeness (QED) is 0.819. The first-order chi connectivity index (χ1) is 8.70. The molecule has 4 unspecified atom stereocenters. The van der Waals surface area contributed by atoms with Gasteiger partial charge in [-0.2, -0.15) is 0 Å². The summed E-state index contributed by atoms with van der Waals surface area (Å²) < 4.78 is 11.8. The van der Waals surface area contributed by atoms with Crippen LogP contribution in [0.4, 0.5) is 0 Å². The van der Waals surface area contributed by atoms with E-state index in [0.717, 1.165) is 25.0 Å². The van der Waals surface area contributed by atoms with Gasteiger partial charge in [0.2, 0.25) is 0 Å². The highest BCUT2D eigenvalue weighted by Gasteiger charge is 2.32. The van der Waals surface area contributed by atoms with Crippen LogP contribution in [0.3, 0.4) is 0 Å². The first-order valence-corrected chi connectivity index (χ1v) is 7.61. The van der Waals surface area contributed by atoms with Crippen LogP contribution < -0.4 is 5.32 Å². The van der Waals surface area contributed by atoms with E-state index in [4.69, 9.17) is 9.47 Å². The van der Waals surface area contributed by atoms with E-state index in [2.05, 4.69) is 26.2 Å². The fourth-order valence-electron chi connectivity index (χ4n) is 3.29. The van der Waals surface area contributed by atoms with Crippen LogP contribution in [-0.2, 0) is 9.47 Å². The molecule has 3 nitrogen and oxygen atoms in total. The van der Waals surface area contributed by atoms with Crippen molar-refractivity contribution in [3.63, 3.8) is 0 Å². The maximum Gasteiger partial charge on any atom is 0.0809 e. The molecule has 2 fully saturated rings. The molecule has 0 aromatic carbocycles. The molecule has 0 amide bonds. The van der Waals surface area contributed by atoms with Gasteiger partial charge in [-0.15, -0.1) is 0 Å². The van der Waals surface area contributed by atoms with Crippen LogP contribution in [0.2, 0.25) is 0 Å². The second-order valence-corrected chi connectivity index (χ2v) is 6.22. The summed E-state index contributed by atoms with van der Waals surface area (Å²) in [4.78, 5) is 0. The lowest BCUT2D eigenvalue weighted by molar-refractivity contribution is -0.0565. The molecular weight excluding hydrogens is 226 g/mol. The van der Waals surface area contributed by atoms with E-state index in [1.54, 1.807) is 0 Å². The second kappa shape index (κ2) is 6.88. The van der Waals surface area contributed by atoms with Crippen LogP contribution in [0.5, 0.6) is 0 Å². The summed E-state index contributed by atoms with van der Waals surface area (Å²) in [6.45, 7) is 6.37. The van der Waals surface area contributed by atoms with Crippen molar-refractivity contribution in [3.05, 3.63) is 0 Å². The van der Waals surface area contributed by atoms with Gasteiger partial charge in [0, 0.05) is 12.6 Å². The Balaban J connectivity index is 1.81. The van der Waals surface area contributed by atoms with E-state index in [1.807, 2.05) is 0 Å². The van der Waals surface area contributed by atoms with Crippen molar-refractivity contribution < 1.29 is 9.47 Å². The highest BCUT2D eigenvalue weighted by Crippen LogP contribution is 2.32. The minimum atomic E-state index is 0.349. The number of nitrogens with one attached hydrogen (secondary N) is 1. The molecule has 0 aromatic heterocycles. The molecule has 1 N–H and O–H groups in total. The summed E-state index contributed by atoms with van der Waals surface area (Å²) in [5.41, 5.74) is 0. The molecule has 0 spiro atoms. The number of ether oxygens (including phenoxy) is 2. The standard InChI is InChI=1S/C15H29NO2/c1-11(2)12-6-7-14(16-3)15(9-12)18-10-13-5-4-8-17-13/h11-16H,4-10H2,1-3H3. The molecular formula is C15H29NO2. The predicted molar refractivity (Wildman–Crippen MR) is 73.7 cm³/mol. The summed E-state index contributed by atoms with van der Waals surface area (Å²) in [6.07, 6.45) is 6.88. The van der Waals surface area contributed by atoms with E-state index in [0.29, 0.717) is 18.2 Å². The normalized spacial score (nSPS) is 37.3. The zero-order chi connectivity index (χ0) is 13.0. The Hall–Kier alpha value is -0.120. The summed E-state index contributed by atoms with van der Waals surface area (Å²) in [5, 5.41) is 3.42. The fraction of sp³-hybridized carbons (Fsp3) is 1.00. The van der Waals surface area contributed by atoms with Crippen LogP contribution in [0.15, 0.2) is 0 Å². The van der Waals surface area contributed by atoms with Gasteiger partial charge < -0.3 is 14.8 Å². The summed E-state index contributed by atoms with van der Waals surface area (Å²) in [5.74, 6) is 1.60. The van der Waals surface area contributed by atoms with Crippen molar-refractivity contribution in [2.45, 2.75) is 64.2 Å². The molecule has 1 saturated heterocycles. The molecule has 3 heteroatoms. The highest BCUT2D eigenvalue weighted by atomic mass is 16.5. The van der Waals surface area contributed by atoms with Gasteiger partial charge in [0.15, 0.2) is 0 Å². The molecule has 1 aliphatic carbocycles. The Kier molecular flexibility index (Phi) is 5.46. The first-order valence-electron chi connectivity index (χ1n) is 7.61. The third-order valence-corrected chi connectivity index (χ3v) is 4.67. The van der Waals surface area contributed by atoms with Gasteiger partial charge in [0.25, 0.3) is 0 Å². The molecule has 0 radical (unpaired) electrons. The minimum absolute atomic E-state index is 0.349.